The second-order valence-electron chi connectivity index (χ2n) is 6.43. The molecule has 0 saturated heterocycles. The fourth-order valence-corrected chi connectivity index (χ4v) is 4.30. The quantitative estimate of drug-likeness (QED) is 0.805. The third kappa shape index (κ3) is 2.91. The molecule has 3 rings (SSSR count). The summed E-state index contributed by atoms with van der Waals surface area (Å²) < 4.78 is 0. The maximum atomic E-state index is 12.8. The molecule has 2 aliphatic carbocycles. The van der Waals surface area contributed by atoms with Crippen molar-refractivity contribution in [2.75, 3.05) is 27.2 Å². The molecule has 2 fully saturated rings. The van der Waals surface area contributed by atoms with E-state index in [1.807, 2.05) is 0 Å². The van der Waals surface area contributed by atoms with Gasteiger partial charge >= 0.3 is 0 Å². The number of thiophene rings is 1. The molecule has 4 heteroatoms. The van der Waals surface area contributed by atoms with Crippen LogP contribution in [0.15, 0.2) is 17.5 Å². The van der Waals surface area contributed by atoms with Crippen LogP contribution in [0, 0.1) is 17.8 Å². The highest BCUT2D eigenvalue weighted by atomic mass is 32.1. The van der Waals surface area contributed by atoms with Crippen LogP contribution in [-0.2, 0) is 11.3 Å². The predicted octanol–water partition coefficient (Wildman–Crippen LogP) is 2.68. The SMILES string of the molecule is CN(C)CCN(Cc1cccs1)C(=O)C1[C@H]2CCC[C@@H]12. The van der Waals surface area contributed by atoms with Gasteiger partial charge in [-0.25, -0.2) is 0 Å². The predicted molar refractivity (Wildman–Crippen MR) is 82.6 cm³/mol. The summed E-state index contributed by atoms with van der Waals surface area (Å²) in [5.74, 6) is 2.20. The Kier molecular flexibility index (Phi) is 4.13. The number of rotatable bonds is 6. The van der Waals surface area contributed by atoms with Gasteiger partial charge in [0.25, 0.3) is 0 Å². The Bertz CT molecular complexity index is 447. The van der Waals surface area contributed by atoms with E-state index in [1.54, 1.807) is 11.3 Å². The lowest BCUT2D eigenvalue weighted by Crippen LogP contribution is -2.37. The fraction of sp³-hybridized carbons (Fsp3) is 0.688. The van der Waals surface area contributed by atoms with E-state index in [0.717, 1.165) is 19.6 Å². The van der Waals surface area contributed by atoms with Crippen LogP contribution in [-0.4, -0.2) is 42.9 Å². The van der Waals surface area contributed by atoms with Gasteiger partial charge in [0.1, 0.15) is 0 Å². The summed E-state index contributed by atoms with van der Waals surface area (Å²) >= 11 is 1.75. The average Bonchev–Trinajstić information content (AvgIpc) is 2.86. The van der Waals surface area contributed by atoms with Gasteiger partial charge in [-0.1, -0.05) is 12.5 Å². The lowest BCUT2D eigenvalue weighted by atomic mass is 10.1. The molecule has 1 aromatic rings. The first-order chi connectivity index (χ1) is 9.66. The van der Waals surface area contributed by atoms with Crippen LogP contribution in [0.4, 0.5) is 0 Å². The summed E-state index contributed by atoms with van der Waals surface area (Å²) in [5, 5.41) is 2.09. The van der Waals surface area contributed by atoms with E-state index in [4.69, 9.17) is 0 Å². The first-order valence-corrected chi connectivity index (χ1v) is 8.50. The molecule has 0 bridgehead atoms. The lowest BCUT2D eigenvalue weighted by molar-refractivity contribution is -0.134. The Hall–Kier alpha value is -0.870. The van der Waals surface area contributed by atoms with Gasteiger partial charge in [-0.3, -0.25) is 4.79 Å². The number of likely N-dealkylation sites (N-methyl/N-ethyl adjacent to an activating group) is 1. The van der Waals surface area contributed by atoms with E-state index < -0.39 is 0 Å². The molecule has 0 aliphatic heterocycles. The number of nitrogens with zero attached hydrogens (tertiary/aromatic N) is 2. The molecule has 0 N–H and O–H groups in total. The minimum Gasteiger partial charge on any atom is -0.336 e. The van der Waals surface area contributed by atoms with E-state index in [1.165, 1.54) is 24.1 Å². The number of fused-ring (bicyclic) bond motifs is 1. The third-order valence-corrected chi connectivity index (χ3v) is 5.61. The number of hydrogen-bond acceptors (Lipinski definition) is 3. The second-order valence-corrected chi connectivity index (χ2v) is 7.46. The summed E-state index contributed by atoms with van der Waals surface area (Å²) in [6.45, 7) is 2.58. The maximum Gasteiger partial charge on any atom is 0.226 e. The zero-order valence-corrected chi connectivity index (χ0v) is 13.2. The molecule has 1 amide bonds. The fourth-order valence-electron chi connectivity index (χ4n) is 3.58. The number of carbonyl (C=O) groups is 1. The molecule has 1 unspecified atom stereocenters. The van der Waals surface area contributed by atoms with E-state index in [0.29, 0.717) is 23.7 Å². The van der Waals surface area contributed by atoms with E-state index in [9.17, 15) is 4.79 Å². The Balaban J connectivity index is 1.63. The van der Waals surface area contributed by atoms with Crippen molar-refractivity contribution in [1.82, 2.24) is 9.80 Å². The van der Waals surface area contributed by atoms with Crippen molar-refractivity contribution in [3.05, 3.63) is 22.4 Å². The standard InChI is InChI=1S/C16H24N2OS/c1-17(2)8-9-18(11-12-5-4-10-20-12)16(19)15-13-6-3-7-14(13)15/h4-5,10,13-15H,3,6-9,11H2,1-2H3/t13-,14+,15?. The van der Waals surface area contributed by atoms with Crippen molar-refractivity contribution in [2.24, 2.45) is 17.8 Å². The smallest absolute Gasteiger partial charge is 0.226 e. The zero-order valence-electron chi connectivity index (χ0n) is 12.4. The van der Waals surface area contributed by atoms with Crippen molar-refractivity contribution in [3.63, 3.8) is 0 Å². The third-order valence-electron chi connectivity index (χ3n) is 4.75. The van der Waals surface area contributed by atoms with Gasteiger partial charge in [-0.05, 0) is 50.2 Å². The van der Waals surface area contributed by atoms with E-state index >= 15 is 0 Å². The van der Waals surface area contributed by atoms with Crippen molar-refractivity contribution in [2.45, 2.75) is 25.8 Å². The first-order valence-electron chi connectivity index (χ1n) is 7.62. The molecular weight excluding hydrogens is 268 g/mol. The molecule has 110 valence electrons. The maximum absolute atomic E-state index is 12.8. The van der Waals surface area contributed by atoms with Crippen molar-refractivity contribution in [1.29, 1.82) is 0 Å². The molecule has 0 radical (unpaired) electrons. The van der Waals surface area contributed by atoms with Crippen LogP contribution in [0.5, 0.6) is 0 Å². The Morgan fingerprint density at radius 3 is 2.65 bits per heavy atom. The van der Waals surface area contributed by atoms with Gasteiger partial charge in [-0.15, -0.1) is 11.3 Å². The van der Waals surface area contributed by atoms with Crippen LogP contribution in [0.3, 0.4) is 0 Å². The van der Waals surface area contributed by atoms with Crippen LogP contribution in [0.1, 0.15) is 24.1 Å². The largest absolute Gasteiger partial charge is 0.336 e. The monoisotopic (exact) mass is 292 g/mol. The molecule has 0 spiro atoms. The number of amides is 1. The van der Waals surface area contributed by atoms with Crippen LogP contribution in [0.2, 0.25) is 0 Å². The summed E-state index contributed by atoms with van der Waals surface area (Å²) in [7, 11) is 4.14. The summed E-state index contributed by atoms with van der Waals surface area (Å²) in [6.07, 6.45) is 3.89. The van der Waals surface area contributed by atoms with Crippen molar-refractivity contribution in [3.8, 4) is 0 Å². The molecule has 1 aromatic heterocycles. The second kappa shape index (κ2) is 5.86. The highest BCUT2D eigenvalue weighted by Crippen LogP contribution is 2.58. The molecule has 0 aromatic carbocycles. The Morgan fingerprint density at radius 2 is 2.05 bits per heavy atom. The van der Waals surface area contributed by atoms with Crippen LogP contribution >= 0.6 is 11.3 Å². The molecular formula is C16H24N2OS. The normalized spacial score (nSPS) is 27.6. The molecule has 2 aliphatic rings. The zero-order chi connectivity index (χ0) is 14.1. The first kappa shape index (κ1) is 14.1. The Morgan fingerprint density at radius 1 is 1.30 bits per heavy atom. The number of hydrogen-bond donors (Lipinski definition) is 0. The van der Waals surface area contributed by atoms with E-state index in [2.05, 4.69) is 41.4 Å². The van der Waals surface area contributed by atoms with Gasteiger partial charge < -0.3 is 9.80 Å². The van der Waals surface area contributed by atoms with Crippen LogP contribution in [0.25, 0.3) is 0 Å². The minimum atomic E-state index is 0.353. The topological polar surface area (TPSA) is 23.6 Å². The lowest BCUT2D eigenvalue weighted by Gasteiger charge is -2.25. The summed E-state index contributed by atoms with van der Waals surface area (Å²) in [5.41, 5.74) is 0. The average molecular weight is 292 g/mol. The molecule has 2 saturated carbocycles. The molecule has 1 heterocycles. The highest BCUT2D eigenvalue weighted by Gasteiger charge is 2.57. The highest BCUT2D eigenvalue weighted by molar-refractivity contribution is 7.09. The van der Waals surface area contributed by atoms with Gasteiger partial charge in [0, 0.05) is 23.9 Å². The number of carbonyl (C=O) groups excluding carboxylic acids is 1. The van der Waals surface area contributed by atoms with E-state index in [-0.39, 0.29) is 0 Å². The van der Waals surface area contributed by atoms with Gasteiger partial charge in [-0.2, -0.15) is 0 Å². The molecule has 20 heavy (non-hydrogen) atoms. The van der Waals surface area contributed by atoms with Crippen molar-refractivity contribution < 1.29 is 4.79 Å². The minimum absolute atomic E-state index is 0.353. The van der Waals surface area contributed by atoms with Crippen LogP contribution < -0.4 is 0 Å². The van der Waals surface area contributed by atoms with Gasteiger partial charge in [0.15, 0.2) is 0 Å². The molecule has 3 nitrogen and oxygen atoms in total. The molecule has 3 atom stereocenters. The summed E-state index contributed by atoms with van der Waals surface area (Å²) in [4.78, 5) is 18.3. The Labute approximate surface area is 125 Å². The van der Waals surface area contributed by atoms with Crippen molar-refractivity contribution >= 4 is 17.2 Å². The van der Waals surface area contributed by atoms with Gasteiger partial charge in [0.05, 0.1) is 6.54 Å². The van der Waals surface area contributed by atoms with Gasteiger partial charge in [0.2, 0.25) is 5.91 Å². The summed E-state index contributed by atoms with van der Waals surface area (Å²) in [6, 6.07) is 4.20.